The van der Waals surface area contributed by atoms with Crippen LogP contribution in [0, 0.1) is 0 Å². The van der Waals surface area contributed by atoms with Gasteiger partial charge in [-0.2, -0.15) is 0 Å². The zero-order valence-corrected chi connectivity index (χ0v) is 21.0. The van der Waals surface area contributed by atoms with E-state index >= 15 is 0 Å². The number of hydrogen-bond acceptors (Lipinski definition) is 6. The lowest BCUT2D eigenvalue weighted by Gasteiger charge is -2.23. The number of fused-ring (bicyclic) bond motifs is 1. The number of carbonyl (C=O) groups is 1. The molecule has 186 valence electrons. The molecule has 8 nitrogen and oxygen atoms in total. The molecule has 1 saturated carbocycles. The zero-order chi connectivity index (χ0) is 25.1. The summed E-state index contributed by atoms with van der Waals surface area (Å²) in [5, 5.41) is 7.53. The Labute approximate surface area is 211 Å². The number of rotatable bonds is 7. The highest BCUT2D eigenvalue weighted by Crippen LogP contribution is 2.33. The van der Waals surface area contributed by atoms with Crippen LogP contribution in [0.2, 0.25) is 0 Å². The van der Waals surface area contributed by atoms with Crippen LogP contribution in [0.1, 0.15) is 62.4 Å². The minimum atomic E-state index is -0.0719. The highest BCUT2D eigenvalue weighted by molar-refractivity contribution is 5.96. The number of pyridine rings is 1. The van der Waals surface area contributed by atoms with Crippen molar-refractivity contribution in [2.24, 2.45) is 0 Å². The minimum absolute atomic E-state index is 0.0719. The quantitative estimate of drug-likeness (QED) is 0.340. The molecule has 1 aromatic carbocycles. The number of nitrogens with zero attached hydrogens (tertiary/aromatic N) is 4. The second-order valence-electron chi connectivity index (χ2n) is 9.55. The molecule has 0 saturated heterocycles. The lowest BCUT2D eigenvalue weighted by molar-refractivity contribution is 0.0927. The SMILES string of the molecule is COc1ccc(C(=O)NC2CCCCC2)cc1Nc1nccc(-c2cn(C(C)C)c3cnccc23)n1. The number of nitrogens with one attached hydrogen (secondary N) is 2. The molecule has 4 aromatic rings. The summed E-state index contributed by atoms with van der Waals surface area (Å²) in [6.07, 6.45) is 13.2. The van der Waals surface area contributed by atoms with Gasteiger partial charge in [0.2, 0.25) is 5.95 Å². The van der Waals surface area contributed by atoms with Crippen LogP contribution in [-0.2, 0) is 0 Å². The normalized spacial score (nSPS) is 14.2. The molecule has 0 aliphatic heterocycles. The van der Waals surface area contributed by atoms with Gasteiger partial charge in [0.1, 0.15) is 5.75 Å². The van der Waals surface area contributed by atoms with Gasteiger partial charge in [-0.15, -0.1) is 0 Å². The van der Waals surface area contributed by atoms with Crippen LogP contribution in [0.15, 0.2) is 55.1 Å². The lowest BCUT2D eigenvalue weighted by atomic mass is 9.95. The maximum absolute atomic E-state index is 12.9. The Morgan fingerprint density at radius 1 is 1.11 bits per heavy atom. The fourth-order valence-corrected chi connectivity index (χ4v) is 4.88. The predicted molar refractivity (Wildman–Crippen MR) is 142 cm³/mol. The van der Waals surface area contributed by atoms with Gasteiger partial charge in [0.05, 0.1) is 30.2 Å². The molecule has 1 amide bonds. The summed E-state index contributed by atoms with van der Waals surface area (Å²) in [4.78, 5) is 26.4. The van der Waals surface area contributed by atoms with Crippen molar-refractivity contribution >= 4 is 28.4 Å². The molecule has 0 atom stereocenters. The van der Waals surface area contributed by atoms with Crippen molar-refractivity contribution in [1.29, 1.82) is 0 Å². The molecule has 0 spiro atoms. The molecule has 1 aliphatic carbocycles. The number of benzene rings is 1. The number of carbonyl (C=O) groups excluding carboxylic acids is 1. The van der Waals surface area contributed by atoms with Crippen LogP contribution < -0.4 is 15.4 Å². The molecular formula is C28H32N6O2. The third-order valence-corrected chi connectivity index (χ3v) is 6.77. The summed E-state index contributed by atoms with van der Waals surface area (Å²) >= 11 is 0. The molecular weight excluding hydrogens is 452 g/mol. The summed E-state index contributed by atoms with van der Waals surface area (Å²) in [5.41, 5.74) is 4.09. The Morgan fingerprint density at radius 2 is 1.94 bits per heavy atom. The van der Waals surface area contributed by atoms with Gasteiger partial charge in [-0.1, -0.05) is 19.3 Å². The summed E-state index contributed by atoms with van der Waals surface area (Å²) < 4.78 is 7.74. The van der Waals surface area contributed by atoms with Gasteiger partial charge in [-0.05, 0) is 57.0 Å². The number of ether oxygens (including phenoxy) is 1. The molecule has 8 heteroatoms. The van der Waals surface area contributed by atoms with Crippen molar-refractivity contribution in [2.75, 3.05) is 12.4 Å². The first-order valence-electron chi connectivity index (χ1n) is 12.6. The van der Waals surface area contributed by atoms with E-state index in [2.05, 4.69) is 45.2 Å². The molecule has 0 unspecified atom stereocenters. The van der Waals surface area contributed by atoms with Gasteiger partial charge in [0, 0.05) is 47.2 Å². The molecule has 0 bridgehead atoms. The van der Waals surface area contributed by atoms with E-state index in [1.807, 2.05) is 18.3 Å². The van der Waals surface area contributed by atoms with Crippen LogP contribution in [-0.4, -0.2) is 38.6 Å². The second-order valence-corrected chi connectivity index (χ2v) is 9.55. The fourth-order valence-electron chi connectivity index (χ4n) is 4.88. The van der Waals surface area contributed by atoms with E-state index in [-0.39, 0.29) is 18.0 Å². The topological polar surface area (TPSA) is 94.0 Å². The Kier molecular flexibility index (Phi) is 6.84. The average molecular weight is 485 g/mol. The van der Waals surface area contributed by atoms with Crippen molar-refractivity contribution < 1.29 is 9.53 Å². The molecule has 1 fully saturated rings. The van der Waals surface area contributed by atoms with E-state index in [0.29, 0.717) is 22.9 Å². The largest absolute Gasteiger partial charge is 0.495 e. The summed E-state index contributed by atoms with van der Waals surface area (Å²) in [5.74, 6) is 0.966. The Bertz CT molecular complexity index is 1370. The van der Waals surface area contributed by atoms with E-state index in [9.17, 15) is 4.79 Å². The van der Waals surface area contributed by atoms with Crippen LogP contribution >= 0.6 is 0 Å². The zero-order valence-electron chi connectivity index (χ0n) is 21.0. The smallest absolute Gasteiger partial charge is 0.251 e. The van der Waals surface area contributed by atoms with Crippen LogP contribution in [0.3, 0.4) is 0 Å². The third-order valence-electron chi connectivity index (χ3n) is 6.77. The van der Waals surface area contributed by atoms with Gasteiger partial charge in [-0.25, -0.2) is 9.97 Å². The highest BCUT2D eigenvalue weighted by Gasteiger charge is 2.19. The molecule has 0 radical (unpaired) electrons. The van der Waals surface area contributed by atoms with Crippen molar-refractivity contribution in [3.8, 4) is 17.0 Å². The number of amides is 1. The maximum atomic E-state index is 12.9. The van der Waals surface area contributed by atoms with Crippen molar-refractivity contribution in [3.05, 3.63) is 60.7 Å². The molecule has 1 aliphatic rings. The van der Waals surface area contributed by atoms with Gasteiger partial charge >= 0.3 is 0 Å². The first-order chi connectivity index (χ1) is 17.5. The van der Waals surface area contributed by atoms with Gasteiger partial charge in [0.15, 0.2) is 0 Å². The number of aromatic nitrogens is 4. The molecule has 36 heavy (non-hydrogen) atoms. The Balaban J connectivity index is 1.43. The summed E-state index contributed by atoms with van der Waals surface area (Å²) in [7, 11) is 1.61. The highest BCUT2D eigenvalue weighted by atomic mass is 16.5. The standard InChI is InChI=1S/C28H32N6O2/c1-18(2)34-17-22(21-11-13-29-16-25(21)34)23-12-14-30-28(32-23)33-24-15-19(9-10-26(24)36-3)27(35)31-20-7-5-4-6-8-20/h9-18,20H,4-8H2,1-3H3,(H,31,35)(H,30,32,33). The van der Waals surface area contributed by atoms with Crippen LogP contribution in [0.4, 0.5) is 11.6 Å². The van der Waals surface area contributed by atoms with E-state index in [1.165, 1.54) is 19.3 Å². The van der Waals surface area contributed by atoms with Crippen LogP contribution in [0.25, 0.3) is 22.2 Å². The predicted octanol–water partition coefficient (Wildman–Crippen LogP) is 5.89. The Hall–Kier alpha value is -3.94. The maximum Gasteiger partial charge on any atom is 0.251 e. The minimum Gasteiger partial charge on any atom is -0.495 e. The number of hydrogen-bond donors (Lipinski definition) is 2. The monoisotopic (exact) mass is 484 g/mol. The molecule has 5 rings (SSSR count). The van der Waals surface area contributed by atoms with Crippen molar-refractivity contribution in [3.63, 3.8) is 0 Å². The van der Waals surface area contributed by atoms with Gasteiger partial charge in [0.25, 0.3) is 5.91 Å². The average Bonchev–Trinajstić information content (AvgIpc) is 3.30. The van der Waals surface area contributed by atoms with Crippen LogP contribution in [0.5, 0.6) is 5.75 Å². The molecule has 3 aromatic heterocycles. The van der Waals surface area contributed by atoms with E-state index in [4.69, 9.17) is 9.72 Å². The van der Waals surface area contributed by atoms with E-state index in [1.54, 1.807) is 37.7 Å². The number of anilines is 2. The lowest BCUT2D eigenvalue weighted by Crippen LogP contribution is -2.36. The van der Waals surface area contributed by atoms with E-state index < -0.39 is 0 Å². The summed E-state index contributed by atoms with van der Waals surface area (Å²) in [6.45, 7) is 4.29. The third kappa shape index (κ3) is 4.89. The van der Waals surface area contributed by atoms with Crippen molar-refractivity contribution in [1.82, 2.24) is 24.8 Å². The van der Waals surface area contributed by atoms with Crippen molar-refractivity contribution in [2.45, 2.75) is 58.0 Å². The number of methoxy groups -OCH3 is 1. The molecule has 3 heterocycles. The fraction of sp³-hybridized carbons (Fsp3) is 0.357. The first kappa shape index (κ1) is 23.8. The van der Waals surface area contributed by atoms with Gasteiger partial charge < -0.3 is 19.9 Å². The second kappa shape index (κ2) is 10.4. The van der Waals surface area contributed by atoms with Gasteiger partial charge in [-0.3, -0.25) is 9.78 Å². The molecule has 2 N–H and O–H groups in total. The van der Waals surface area contributed by atoms with E-state index in [0.717, 1.165) is 35.0 Å². The Morgan fingerprint density at radius 3 is 2.72 bits per heavy atom. The summed E-state index contributed by atoms with van der Waals surface area (Å²) in [6, 6.07) is 9.82. The first-order valence-corrected chi connectivity index (χ1v) is 12.6.